The Morgan fingerprint density at radius 2 is 1.75 bits per heavy atom. The second-order valence-corrected chi connectivity index (χ2v) is 5.79. The zero-order chi connectivity index (χ0) is 13.3. The molecule has 20 heavy (non-hydrogen) atoms. The summed E-state index contributed by atoms with van der Waals surface area (Å²) in [5.41, 5.74) is 16.2. The number of benzene rings is 2. The third-order valence-electron chi connectivity index (χ3n) is 4.74. The van der Waals surface area contributed by atoms with Gasteiger partial charge in [0.2, 0.25) is 0 Å². The van der Waals surface area contributed by atoms with E-state index in [1.165, 1.54) is 27.6 Å². The summed E-state index contributed by atoms with van der Waals surface area (Å²) in [6.07, 6.45) is 3.29. The zero-order valence-electron chi connectivity index (χ0n) is 11.1. The minimum Gasteiger partial charge on any atom is -0.398 e. The molecule has 96 valence electrons. The molecule has 0 unspecified atom stereocenters. The largest absolute Gasteiger partial charge is 0.398 e. The lowest BCUT2D eigenvalue weighted by Crippen LogP contribution is -1.94. The van der Waals surface area contributed by atoms with E-state index in [1.807, 2.05) is 12.1 Å². The van der Waals surface area contributed by atoms with E-state index in [1.54, 1.807) is 0 Å². The molecule has 2 aromatic carbocycles. The lowest BCUT2D eigenvalue weighted by molar-refractivity contribution is 1.00. The van der Waals surface area contributed by atoms with Crippen LogP contribution in [0.15, 0.2) is 36.4 Å². The normalized spacial score (nSPS) is 14.6. The average Bonchev–Trinajstić information content (AvgIpc) is 3.03. The molecule has 0 bridgehead atoms. The van der Waals surface area contributed by atoms with E-state index < -0.39 is 0 Å². The van der Waals surface area contributed by atoms with Gasteiger partial charge in [0.05, 0.1) is 11.2 Å². The Balaban J connectivity index is 1.95. The summed E-state index contributed by atoms with van der Waals surface area (Å²) in [5.74, 6) is 0. The van der Waals surface area contributed by atoms with Crippen LogP contribution in [0.2, 0.25) is 0 Å². The number of rotatable bonds is 0. The summed E-state index contributed by atoms with van der Waals surface area (Å²) in [6.45, 7) is 0. The smallest absolute Gasteiger partial charge is 0.0771 e. The first-order valence-electron chi connectivity index (χ1n) is 7.14. The number of aryl methyl sites for hydroxylation is 2. The van der Waals surface area contributed by atoms with Gasteiger partial charge in [-0.05, 0) is 47.2 Å². The van der Waals surface area contributed by atoms with Crippen LogP contribution < -0.4 is 5.73 Å². The predicted octanol–water partition coefficient (Wildman–Crippen LogP) is 3.49. The van der Waals surface area contributed by atoms with Gasteiger partial charge < -0.3 is 5.73 Å². The third kappa shape index (κ3) is 1.12. The SMILES string of the molecule is Nc1cccc2c1-c1nc3cccc4c3c(c1C2)CC4. The highest BCUT2D eigenvalue weighted by Gasteiger charge is 2.28. The van der Waals surface area contributed by atoms with Gasteiger partial charge in [-0.2, -0.15) is 0 Å². The van der Waals surface area contributed by atoms with E-state index in [4.69, 9.17) is 10.7 Å². The van der Waals surface area contributed by atoms with Gasteiger partial charge >= 0.3 is 0 Å². The molecule has 0 spiro atoms. The Labute approximate surface area is 117 Å². The zero-order valence-corrected chi connectivity index (χ0v) is 11.1. The van der Waals surface area contributed by atoms with Gasteiger partial charge in [0, 0.05) is 23.1 Å². The molecule has 0 atom stereocenters. The fraction of sp³-hybridized carbons (Fsp3) is 0.167. The Kier molecular flexibility index (Phi) is 1.77. The van der Waals surface area contributed by atoms with Gasteiger partial charge in [-0.15, -0.1) is 0 Å². The number of hydrogen-bond donors (Lipinski definition) is 1. The Morgan fingerprint density at radius 1 is 0.900 bits per heavy atom. The van der Waals surface area contributed by atoms with Gasteiger partial charge in [-0.1, -0.05) is 24.3 Å². The van der Waals surface area contributed by atoms with Gasteiger partial charge in [-0.25, -0.2) is 4.98 Å². The lowest BCUT2D eigenvalue weighted by atomic mass is 10.0. The molecule has 0 fully saturated rings. The summed E-state index contributed by atoms with van der Waals surface area (Å²) in [5, 5.41) is 1.40. The van der Waals surface area contributed by atoms with Crippen molar-refractivity contribution in [1.82, 2.24) is 4.98 Å². The highest BCUT2D eigenvalue weighted by Crippen LogP contribution is 2.44. The van der Waals surface area contributed by atoms with E-state index in [9.17, 15) is 0 Å². The van der Waals surface area contributed by atoms with Crippen molar-refractivity contribution < 1.29 is 0 Å². The summed E-state index contributed by atoms with van der Waals surface area (Å²) in [6, 6.07) is 12.7. The molecule has 3 aromatic rings. The molecule has 0 amide bonds. The van der Waals surface area contributed by atoms with Crippen molar-refractivity contribution in [2.45, 2.75) is 19.3 Å². The van der Waals surface area contributed by atoms with E-state index in [0.717, 1.165) is 41.7 Å². The summed E-state index contributed by atoms with van der Waals surface area (Å²) >= 11 is 0. The third-order valence-corrected chi connectivity index (χ3v) is 4.74. The predicted molar refractivity (Wildman–Crippen MR) is 81.8 cm³/mol. The van der Waals surface area contributed by atoms with Crippen LogP contribution in [0.1, 0.15) is 22.3 Å². The standard InChI is InChI=1S/C18H14N2/c19-14-5-1-4-11-9-13-12-8-7-10-3-2-6-15(16(10)12)20-18(13)17(11)14/h1-6H,7-9,19H2. The Morgan fingerprint density at radius 3 is 2.70 bits per heavy atom. The number of hydrogen-bond acceptors (Lipinski definition) is 2. The number of nitrogen functional groups attached to an aromatic ring is 1. The second-order valence-electron chi connectivity index (χ2n) is 5.79. The lowest BCUT2D eigenvalue weighted by Gasteiger charge is -2.08. The Bertz CT molecular complexity index is 894. The number of nitrogens with two attached hydrogens (primary N) is 1. The maximum Gasteiger partial charge on any atom is 0.0771 e. The van der Waals surface area contributed by atoms with E-state index in [0.29, 0.717) is 0 Å². The van der Waals surface area contributed by atoms with Crippen molar-refractivity contribution >= 4 is 16.6 Å². The fourth-order valence-corrected chi connectivity index (χ4v) is 3.90. The molecule has 2 nitrogen and oxygen atoms in total. The molecule has 2 heteroatoms. The average molecular weight is 258 g/mol. The minimum absolute atomic E-state index is 0.856. The number of fused-ring (bicyclic) bond motifs is 4. The van der Waals surface area contributed by atoms with Crippen molar-refractivity contribution in [3.63, 3.8) is 0 Å². The summed E-state index contributed by atoms with van der Waals surface area (Å²) in [7, 11) is 0. The maximum absolute atomic E-state index is 6.20. The van der Waals surface area contributed by atoms with Crippen molar-refractivity contribution in [2.75, 3.05) is 5.73 Å². The molecular formula is C18H14N2. The maximum atomic E-state index is 6.20. The van der Waals surface area contributed by atoms with Crippen LogP contribution in [-0.4, -0.2) is 4.98 Å². The van der Waals surface area contributed by atoms with Crippen molar-refractivity contribution in [3.05, 3.63) is 58.7 Å². The molecule has 2 aliphatic carbocycles. The van der Waals surface area contributed by atoms with Gasteiger partial charge in [0.25, 0.3) is 0 Å². The first-order valence-corrected chi connectivity index (χ1v) is 7.14. The van der Waals surface area contributed by atoms with Crippen LogP contribution in [0.25, 0.3) is 22.2 Å². The van der Waals surface area contributed by atoms with E-state index >= 15 is 0 Å². The number of aromatic nitrogens is 1. The summed E-state index contributed by atoms with van der Waals surface area (Å²) < 4.78 is 0. The molecular weight excluding hydrogens is 244 g/mol. The van der Waals surface area contributed by atoms with Crippen LogP contribution >= 0.6 is 0 Å². The molecule has 0 saturated carbocycles. The molecule has 0 saturated heterocycles. The first kappa shape index (κ1) is 10.4. The van der Waals surface area contributed by atoms with Crippen LogP contribution in [0, 0.1) is 0 Å². The van der Waals surface area contributed by atoms with Crippen LogP contribution in [0.5, 0.6) is 0 Å². The van der Waals surface area contributed by atoms with Crippen LogP contribution in [0.4, 0.5) is 5.69 Å². The van der Waals surface area contributed by atoms with Crippen molar-refractivity contribution in [2.24, 2.45) is 0 Å². The van der Waals surface area contributed by atoms with Gasteiger partial charge in [-0.3, -0.25) is 0 Å². The van der Waals surface area contributed by atoms with Gasteiger partial charge in [0.1, 0.15) is 0 Å². The number of pyridine rings is 1. The highest BCUT2D eigenvalue weighted by atomic mass is 14.7. The molecule has 1 aromatic heterocycles. The number of nitrogens with zero attached hydrogens (tertiary/aromatic N) is 1. The molecule has 5 rings (SSSR count). The quantitative estimate of drug-likeness (QED) is 0.490. The van der Waals surface area contributed by atoms with E-state index in [2.05, 4.69) is 24.3 Å². The van der Waals surface area contributed by atoms with E-state index in [-0.39, 0.29) is 0 Å². The van der Waals surface area contributed by atoms with Gasteiger partial charge in [0.15, 0.2) is 0 Å². The molecule has 1 heterocycles. The summed E-state index contributed by atoms with van der Waals surface area (Å²) in [4.78, 5) is 4.94. The molecule has 0 aliphatic heterocycles. The molecule has 2 aliphatic rings. The number of anilines is 1. The molecule has 0 radical (unpaired) electrons. The van der Waals surface area contributed by atoms with Crippen molar-refractivity contribution in [1.29, 1.82) is 0 Å². The van der Waals surface area contributed by atoms with Crippen molar-refractivity contribution in [3.8, 4) is 11.3 Å². The topological polar surface area (TPSA) is 38.9 Å². The van der Waals surface area contributed by atoms with Crippen LogP contribution in [-0.2, 0) is 19.3 Å². The van der Waals surface area contributed by atoms with Crippen LogP contribution in [0.3, 0.4) is 0 Å². The highest BCUT2D eigenvalue weighted by molar-refractivity contribution is 5.95. The second kappa shape index (κ2) is 3.40. The molecule has 2 N–H and O–H groups in total. The monoisotopic (exact) mass is 258 g/mol. The minimum atomic E-state index is 0.856. The first-order chi connectivity index (χ1) is 9.83. The Hall–Kier alpha value is -2.35. The fourth-order valence-electron chi connectivity index (χ4n) is 3.90.